The van der Waals surface area contributed by atoms with E-state index < -0.39 is 16.0 Å². The van der Waals surface area contributed by atoms with Crippen molar-refractivity contribution in [2.24, 2.45) is 0 Å². The van der Waals surface area contributed by atoms with Gasteiger partial charge in [0.2, 0.25) is 10.0 Å². The van der Waals surface area contributed by atoms with Crippen molar-refractivity contribution < 1.29 is 18.3 Å². The predicted molar refractivity (Wildman–Crippen MR) is 70.4 cm³/mol. The molecule has 7 heteroatoms. The van der Waals surface area contributed by atoms with Crippen molar-refractivity contribution in [1.29, 1.82) is 0 Å². The molecule has 0 aliphatic heterocycles. The minimum atomic E-state index is -3.73. The van der Waals surface area contributed by atoms with Gasteiger partial charge in [-0.1, -0.05) is 0 Å². The van der Waals surface area contributed by atoms with E-state index in [0.717, 1.165) is 6.07 Å². The Bertz CT molecular complexity index is 608. The number of terminal acetylenes is 1. The van der Waals surface area contributed by atoms with E-state index in [9.17, 15) is 13.2 Å². The Balaban J connectivity index is 3.12. The fraction of sp³-hybridized carbons (Fsp3) is 0.417. The van der Waals surface area contributed by atoms with Crippen molar-refractivity contribution in [3.05, 3.63) is 18.0 Å². The first-order chi connectivity index (χ1) is 8.79. The molecule has 2 N–H and O–H groups in total. The van der Waals surface area contributed by atoms with Crippen LogP contribution in [0.3, 0.4) is 0 Å². The van der Waals surface area contributed by atoms with Crippen LogP contribution in [0.4, 0.5) is 0 Å². The minimum absolute atomic E-state index is 0.0627. The minimum Gasteiger partial charge on any atom is -0.477 e. The van der Waals surface area contributed by atoms with Crippen molar-refractivity contribution in [2.75, 3.05) is 6.54 Å². The molecule has 1 heterocycles. The summed E-state index contributed by atoms with van der Waals surface area (Å²) in [5, 5.41) is 9.05. The molecule has 0 amide bonds. The molecule has 104 valence electrons. The van der Waals surface area contributed by atoms with Gasteiger partial charge in [0.05, 0.1) is 0 Å². The lowest BCUT2D eigenvalue weighted by atomic mass is 10.3. The molecule has 1 aromatic rings. The molecule has 1 aromatic heterocycles. The Morgan fingerprint density at radius 3 is 2.63 bits per heavy atom. The first-order valence-electron chi connectivity index (χ1n) is 5.68. The lowest BCUT2D eigenvalue weighted by molar-refractivity contribution is 0.0683. The molecule has 0 aliphatic rings. The van der Waals surface area contributed by atoms with Crippen molar-refractivity contribution in [3.8, 4) is 12.3 Å². The van der Waals surface area contributed by atoms with E-state index in [1.807, 2.05) is 0 Å². The molecule has 0 unspecified atom stereocenters. The number of carboxylic acids is 1. The Labute approximate surface area is 112 Å². The third-order valence-electron chi connectivity index (χ3n) is 2.47. The highest BCUT2D eigenvalue weighted by Gasteiger charge is 2.21. The maximum absolute atomic E-state index is 11.9. The maximum Gasteiger partial charge on any atom is 0.352 e. The van der Waals surface area contributed by atoms with E-state index in [2.05, 4.69) is 10.6 Å². The number of nitrogens with zero attached hydrogens (tertiary/aromatic N) is 1. The largest absolute Gasteiger partial charge is 0.477 e. The van der Waals surface area contributed by atoms with Crippen molar-refractivity contribution in [1.82, 2.24) is 9.29 Å². The molecule has 0 spiro atoms. The molecular formula is C12H16N2O4S. The first kappa shape index (κ1) is 15.3. The van der Waals surface area contributed by atoms with Gasteiger partial charge < -0.3 is 9.67 Å². The number of aromatic carboxylic acids is 1. The number of hydrogen-bond acceptors (Lipinski definition) is 3. The molecule has 0 saturated carbocycles. The van der Waals surface area contributed by atoms with Crippen molar-refractivity contribution >= 4 is 16.0 Å². The summed E-state index contributed by atoms with van der Waals surface area (Å²) < 4.78 is 27.6. The molecule has 0 radical (unpaired) electrons. The number of carboxylic acid groups (broad SMARTS) is 1. The highest BCUT2D eigenvalue weighted by molar-refractivity contribution is 7.89. The molecule has 0 saturated heterocycles. The zero-order valence-corrected chi connectivity index (χ0v) is 11.6. The Morgan fingerprint density at radius 1 is 1.58 bits per heavy atom. The van der Waals surface area contributed by atoms with Gasteiger partial charge in [0.1, 0.15) is 10.6 Å². The zero-order valence-electron chi connectivity index (χ0n) is 10.8. The van der Waals surface area contributed by atoms with Crippen LogP contribution in [0.2, 0.25) is 0 Å². The van der Waals surface area contributed by atoms with Gasteiger partial charge in [-0.25, -0.2) is 17.9 Å². The fourth-order valence-electron chi connectivity index (χ4n) is 1.54. The van der Waals surface area contributed by atoms with Gasteiger partial charge in [0.15, 0.2) is 0 Å². The van der Waals surface area contributed by atoms with Gasteiger partial charge in [-0.05, 0) is 19.9 Å². The lowest BCUT2D eigenvalue weighted by Crippen LogP contribution is -2.24. The Kier molecular flexibility index (Phi) is 4.75. The van der Waals surface area contributed by atoms with Crippen molar-refractivity contribution in [3.63, 3.8) is 0 Å². The standard InChI is InChI=1S/C12H16N2O4S/c1-4-5-6-13-19(17,18)10-7-11(12(15)16)14(8-10)9(2)3/h1,7-9,13H,5-6H2,2-3H3,(H,15,16). The summed E-state index contributed by atoms with van der Waals surface area (Å²) in [7, 11) is -3.73. The second-order valence-electron chi connectivity index (χ2n) is 4.22. The van der Waals surface area contributed by atoms with E-state index in [1.165, 1.54) is 10.8 Å². The van der Waals surface area contributed by atoms with E-state index in [1.54, 1.807) is 13.8 Å². The monoisotopic (exact) mass is 284 g/mol. The first-order valence-corrected chi connectivity index (χ1v) is 7.16. The average molecular weight is 284 g/mol. The van der Waals surface area contributed by atoms with Crippen LogP contribution in [-0.2, 0) is 10.0 Å². The van der Waals surface area contributed by atoms with Gasteiger partial charge in [-0.15, -0.1) is 12.3 Å². The van der Waals surface area contributed by atoms with E-state index in [4.69, 9.17) is 11.5 Å². The van der Waals surface area contributed by atoms with E-state index >= 15 is 0 Å². The lowest BCUT2D eigenvalue weighted by Gasteiger charge is -2.09. The molecule has 0 bridgehead atoms. The van der Waals surface area contributed by atoms with Gasteiger partial charge in [-0.3, -0.25) is 0 Å². The predicted octanol–water partition coefficient (Wildman–Crippen LogP) is 1.07. The highest BCUT2D eigenvalue weighted by atomic mass is 32.2. The summed E-state index contributed by atoms with van der Waals surface area (Å²) in [6.07, 6.45) is 6.62. The highest BCUT2D eigenvalue weighted by Crippen LogP contribution is 2.18. The fourth-order valence-corrected chi connectivity index (χ4v) is 2.60. The molecular weight excluding hydrogens is 268 g/mol. The van der Waals surface area contributed by atoms with Crippen LogP contribution in [0.5, 0.6) is 0 Å². The summed E-state index contributed by atoms with van der Waals surface area (Å²) in [5.74, 6) is 1.15. The summed E-state index contributed by atoms with van der Waals surface area (Å²) in [4.78, 5) is 11.0. The molecule has 0 fully saturated rings. The molecule has 19 heavy (non-hydrogen) atoms. The van der Waals surface area contributed by atoms with Crippen LogP contribution < -0.4 is 4.72 Å². The van der Waals surface area contributed by atoms with E-state index in [0.29, 0.717) is 0 Å². The van der Waals surface area contributed by atoms with Crippen LogP contribution >= 0.6 is 0 Å². The molecule has 0 atom stereocenters. The van der Waals surface area contributed by atoms with Crippen LogP contribution in [0.1, 0.15) is 36.8 Å². The van der Waals surface area contributed by atoms with E-state index in [-0.39, 0.29) is 29.6 Å². The summed E-state index contributed by atoms with van der Waals surface area (Å²) in [6, 6.07) is 0.987. The van der Waals surface area contributed by atoms with Crippen LogP contribution in [0, 0.1) is 12.3 Å². The van der Waals surface area contributed by atoms with Gasteiger partial charge in [0, 0.05) is 25.2 Å². The quantitative estimate of drug-likeness (QED) is 0.604. The topological polar surface area (TPSA) is 88.4 Å². The second kappa shape index (κ2) is 5.91. The normalized spacial score (nSPS) is 11.5. The number of hydrogen-bond donors (Lipinski definition) is 2. The number of carbonyl (C=O) groups is 1. The smallest absolute Gasteiger partial charge is 0.352 e. The van der Waals surface area contributed by atoms with Crippen LogP contribution in [-0.4, -0.2) is 30.6 Å². The number of rotatable bonds is 6. The zero-order chi connectivity index (χ0) is 14.6. The van der Waals surface area contributed by atoms with Gasteiger partial charge >= 0.3 is 5.97 Å². The number of sulfonamides is 1. The van der Waals surface area contributed by atoms with Gasteiger partial charge in [-0.2, -0.15) is 0 Å². The van der Waals surface area contributed by atoms with Crippen LogP contribution in [0.15, 0.2) is 17.2 Å². The molecule has 1 rings (SSSR count). The Hall–Kier alpha value is -1.78. The van der Waals surface area contributed by atoms with Gasteiger partial charge in [0.25, 0.3) is 0 Å². The molecule has 0 aliphatic carbocycles. The maximum atomic E-state index is 11.9. The molecule has 6 nitrogen and oxygen atoms in total. The molecule has 0 aromatic carbocycles. The number of nitrogens with one attached hydrogen (secondary N) is 1. The average Bonchev–Trinajstić information content (AvgIpc) is 2.74. The number of aromatic nitrogens is 1. The Morgan fingerprint density at radius 2 is 2.21 bits per heavy atom. The van der Waals surface area contributed by atoms with Crippen LogP contribution in [0.25, 0.3) is 0 Å². The second-order valence-corrected chi connectivity index (χ2v) is 5.99. The summed E-state index contributed by atoms with van der Waals surface area (Å²) in [6.45, 7) is 3.66. The summed E-state index contributed by atoms with van der Waals surface area (Å²) in [5.41, 5.74) is -0.0627. The third kappa shape index (κ3) is 3.59. The SMILES string of the molecule is C#CCCNS(=O)(=O)c1cc(C(=O)O)n(C(C)C)c1. The third-order valence-corrected chi connectivity index (χ3v) is 3.90. The summed E-state index contributed by atoms with van der Waals surface area (Å²) >= 11 is 0. The van der Waals surface area contributed by atoms with Crippen molar-refractivity contribution in [2.45, 2.75) is 31.2 Å².